The molecule has 1 aromatic carbocycles. The second-order valence-electron chi connectivity index (χ2n) is 4.51. The molecule has 0 aliphatic rings. The molecule has 0 bridgehead atoms. The molecule has 0 saturated heterocycles. The van der Waals surface area contributed by atoms with E-state index in [1.807, 2.05) is 0 Å². The number of hydrogen-bond donors (Lipinski definition) is 1. The number of carboxylic acid groups (broad SMARTS) is 1. The van der Waals surface area contributed by atoms with Crippen LogP contribution in [0.15, 0.2) is 42.7 Å². The van der Waals surface area contributed by atoms with Crippen LogP contribution in [0, 0.1) is 11.8 Å². The number of aliphatic carboxylic acids is 1. The van der Waals surface area contributed by atoms with Gasteiger partial charge in [-0.15, -0.1) is 0 Å². The number of carboxylic acids is 1. The van der Waals surface area contributed by atoms with Gasteiger partial charge in [-0.05, 0) is 31.2 Å². The fourth-order valence-corrected chi connectivity index (χ4v) is 2.61. The molecular formula is C16H11Cl2NO2. The van der Waals surface area contributed by atoms with Crippen molar-refractivity contribution in [3.8, 4) is 11.8 Å². The summed E-state index contributed by atoms with van der Waals surface area (Å²) in [5, 5.41) is 10.1. The molecule has 21 heavy (non-hydrogen) atoms. The number of hydrogen-bond acceptors (Lipinski definition) is 2. The molecule has 106 valence electrons. The minimum atomic E-state index is -1.50. The molecule has 0 radical (unpaired) electrons. The minimum Gasteiger partial charge on any atom is -0.480 e. The van der Waals surface area contributed by atoms with Crippen molar-refractivity contribution in [3.05, 3.63) is 63.9 Å². The Hall–Kier alpha value is -2.02. The Morgan fingerprint density at radius 2 is 1.76 bits per heavy atom. The quantitative estimate of drug-likeness (QED) is 0.857. The van der Waals surface area contributed by atoms with Crippen LogP contribution in [0.3, 0.4) is 0 Å². The van der Waals surface area contributed by atoms with E-state index in [-0.39, 0.29) is 10.0 Å². The van der Waals surface area contributed by atoms with Gasteiger partial charge in [-0.2, -0.15) is 0 Å². The molecule has 1 aromatic heterocycles. The van der Waals surface area contributed by atoms with Gasteiger partial charge < -0.3 is 5.11 Å². The van der Waals surface area contributed by atoms with E-state index in [0.29, 0.717) is 11.1 Å². The number of aromatic nitrogens is 1. The average Bonchev–Trinajstić information content (AvgIpc) is 2.46. The van der Waals surface area contributed by atoms with Gasteiger partial charge in [-0.1, -0.05) is 41.1 Å². The Balaban J connectivity index is 2.58. The van der Waals surface area contributed by atoms with Crippen molar-refractivity contribution in [2.75, 3.05) is 0 Å². The lowest BCUT2D eigenvalue weighted by Gasteiger charge is -2.21. The lowest BCUT2D eigenvalue weighted by atomic mass is 9.83. The molecule has 0 fully saturated rings. The van der Waals surface area contributed by atoms with Crippen LogP contribution in [0.5, 0.6) is 0 Å². The van der Waals surface area contributed by atoms with Crippen LogP contribution in [-0.4, -0.2) is 16.1 Å². The van der Waals surface area contributed by atoms with E-state index in [4.69, 9.17) is 23.2 Å². The van der Waals surface area contributed by atoms with E-state index in [0.717, 1.165) is 0 Å². The Labute approximate surface area is 132 Å². The summed E-state index contributed by atoms with van der Waals surface area (Å²) in [5.74, 6) is 4.48. The van der Waals surface area contributed by atoms with Gasteiger partial charge in [0.1, 0.15) is 0 Å². The van der Waals surface area contributed by atoms with E-state index in [1.54, 1.807) is 42.7 Å². The zero-order chi connectivity index (χ0) is 15.5. The fraction of sp³-hybridized carbons (Fsp3) is 0.125. The fourth-order valence-electron chi connectivity index (χ4n) is 1.83. The molecule has 0 aliphatic carbocycles. The van der Waals surface area contributed by atoms with Crippen molar-refractivity contribution in [1.29, 1.82) is 0 Å². The van der Waals surface area contributed by atoms with Crippen LogP contribution in [0.4, 0.5) is 0 Å². The van der Waals surface area contributed by atoms with Crippen LogP contribution in [0.1, 0.15) is 18.1 Å². The number of carbonyl (C=O) groups is 1. The maximum Gasteiger partial charge on any atom is 0.326 e. The Kier molecular flexibility index (Phi) is 4.52. The highest BCUT2D eigenvalue weighted by molar-refractivity contribution is 6.36. The van der Waals surface area contributed by atoms with Gasteiger partial charge >= 0.3 is 5.97 Å². The first-order valence-corrected chi connectivity index (χ1v) is 6.82. The summed E-state index contributed by atoms with van der Waals surface area (Å²) >= 11 is 12.2. The summed E-state index contributed by atoms with van der Waals surface area (Å²) in [4.78, 5) is 15.6. The molecule has 5 heteroatoms. The first-order chi connectivity index (χ1) is 9.95. The lowest BCUT2D eigenvalue weighted by Crippen LogP contribution is -2.31. The molecule has 1 unspecified atom stereocenters. The van der Waals surface area contributed by atoms with E-state index in [2.05, 4.69) is 16.8 Å². The highest BCUT2D eigenvalue weighted by atomic mass is 35.5. The van der Waals surface area contributed by atoms with Crippen molar-refractivity contribution >= 4 is 29.2 Å². The first-order valence-electron chi connectivity index (χ1n) is 6.06. The largest absolute Gasteiger partial charge is 0.480 e. The topological polar surface area (TPSA) is 50.2 Å². The summed E-state index contributed by atoms with van der Waals surface area (Å²) in [6.07, 6.45) is 3.18. The third kappa shape index (κ3) is 3.18. The number of rotatable bonds is 2. The molecular weight excluding hydrogens is 309 g/mol. The maximum atomic E-state index is 11.7. The zero-order valence-electron chi connectivity index (χ0n) is 11.1. The van der Waals surface area contributed by atoms with Crippen LogP contribution >= 0.6 is 23.2 Å². The predicted octanol–water partition coefficient (Wildman–Crippen LogP) is 3.78. The van der Waals surface area contributed by atoms with E-state index in [1.165, 1.54) is 6.92 Å². The van der Waals surface area contributed by atoms with E-state index in [9.17, 15) is 9.90 Å². The normalized spacial score (nSPS) is 12.9. The number of nitrogens with zero attached hydrogens (tertiary/aromatic N) is 1. The standard InChI is InChI=1S/C16H11Cl2NO2/c1-16(15(20)21,8-5-11-6-9-19-10-7-11)14-12(17)3-2-4-13(14)18/h2-4,6-7,9-10H,1H3,(H,20,21). The summed E-state index contributed by atoms with van der Waals surface area (Å²) in [5.41, 5.74) is -0.540. The van der Waals surface area contributed by atoms with Gasteiger partial charge in [0.25, 0.3) is 0 Å². The third-order valence-electron chi connectivity index (χ3n) is 3.03. The van der Waals surface area contributed by atoms with E-state index < -0.39 is 11.4 Å². The van der Waals surface area contributed by atoms with Crippen molar-refractivity contribution in [1.82, 2.24) is 4.98 Å². The summed E-state index contributed by atoms with van der Waals surface area (Å²) < 4.78 is 0. The third-order valence-corrected chi connectivity index (χ3v) is 3.66. The molecule has 0 amide bonds. The zero-order valence-corrected chi connectivity index (χ0v) is 12.6. The molecule has 1 N–H and O–H groups in total. The smallest absolute Gasteiger partial charge is 0.326 e. The number of benzene rings is 1. The second-order valence-corrected chi connectivity index (χ2v) is 5.33. The van der Waals surface area contributed by atoms with Crippen molar-refractivity contribution in [2.45, 2.75) is 12.3 Å². The summed E-state index contributed by atoms with van der Waals surface area (Å²) in [7, 11) is 0. The average molecular weight is 320 g/mol. The van der Waals surface area contributed by atoms with E-state index >= 15 is 0 Å². The highest BCUT2D eigenvalue weighted by Crippen LogP contribution is 2.35. The molecule has 0 spiro atoms. The SMILES string of the molecule is CC(C#Cc1ccncc1)(C(=O)O)c1c(Cl)cccc1Cl. The molecule has 2 aromatic rings. The van der Waals surface area contributed by atoms with Crippen molar-refractivity contribution < 1.29 is 9.90 Å². The van der Waals surface area contributed by atoms with Gasteiger partial charge in [-0.3, -0.25) is 9.78 Å². The van der Waals surface area contributed by atoms with Crippen molar-refractivity contribution in [3.63, 3.8) is 0 Å². The molecule has 2 rings (SSSR count). The molecule has 0 aliphatic heterocycles. The molecule has 1 heterocycles. The Bertz CT molecular complexity index is 715. The second kappa shape index (κ2) is 6.17. The monoisotopic (exact) mass is 319 g/mol. The Morgan fingerprint density at radius 3 is 2.29 bits per heavy atom. The van der Waals surface area contributed by atoms with Gasteiger partial charge in [0.2, 0.25) is 0 Å². The highest BCUT2D eigenvalue weighted by Gasteiger charge is 2.37. The van der Waals surface area contributed by atoms with Crippen LogP contribution in [0.2, 0.25) is 10.0 Å². The lowest BCUT2D eigenvalue weighted by molar-refractivity contribution is -0.140. The molecule has 1 atom stereocenters. The first kappa shape index (κ1) is 15.4. The number of pyridine rings is 1. The molecule has 0 saturated carbocycles. The van der Waals surface area contributed by atoms with Crippen LogP contribution in [0.25, 0.3) is 0 Å². The number of halogens is 2. The van der Waals surface area contributed by atoms with Crippen molar-refractivity contribution in [2.24, 2.45) is 0 Å². The summed E-state index contributed by atoms with van der Waals surface area (Å²) in [6.45, 7) is 1.48. The minimum absolute atomic E-state index is 0.274. The predicted molar refractivity (Wildman–Crippen MR) is 82.6 cm³/mol. The molecule has 3 nitrogen and oxygen atoms in total. The van der Waals surface area contributed by atoms with Gasteiger partial charge in [0, 0.05) is 33.6 Å². The Morgan fingerprint density at radius 1 is 1.19 bits per heavy atom. The van der Waals surface area contributed by atoms with Crippen LogP contribution in [-0.2, 0) is 10.2 Å². The summed E-state index contributed by atoms with van der Waals surface area (Å²) in [6, 6.07) is 8.25. The maximum absolute atomic E-state index is 11.7. The van der Waals surface area contributed by atoms with Gasteiger partial charge in [0.05, 0.1) is 0 Å². The van der Waals surface area contributed by atoms with Gasteiger partial charge in [-0.25, -0.2) is 0 Å². The van der Waals surface area contributed by atoms with Crippen LogP contribution < -0.4 is 0 Å². The van der Waals surface area contributed by atoms with Gasteiger partial charge in [0.15, 0.2) is 5.41 Å².